The van der Waals surface area contributed by atoms with E-state index >= 15 is 0 Å². The molecular formula is C16H16F3N. The lowest BCUT2D eigenvalue weighted by Gasteiger charge is -2.29. The molecule has 0 bridgehead atoms. The van der Waals surface area contributed by atoms with Crippen LogP contribution in [-0.2, 0) is 11.8 Å². The van der Waals surface area contributed by atoms with Crippen molar-refractivity contribution in [2.45, 2.75) is 18.8 Å². The van der Waals surface area contributed by atoms with E-state index in [2.05, 4.69) is 0 Å². The Morgan fingerprint density at radius 1 is 1.00 bits per heavy atom. The summed E-state index contributed by atoms with van der Waals surface area (Å²) in [6, 6.07) is 10.7. The second kappa shape index (κ2) is 5.67. The third-order valence-electron chi connectivity index (χ3n) is 3.50. The molecule has 2 rings (SSSR count). The van der Waals surface area contributed by atoms with Crippen molar-refractivity contribution in [1.82, 2.24) is 0 Å². The summed E-state index contributed by atoms with van der Waals surface area (Å²) >= 11 is 0. The van der Waals surface area contributed by atoms with Crippen molar-refractivity contribution >= 4 is 0 Å². The van der Waals surface area contributed by atoms with Crippen molar-refractivity contribution in [1.29, 1.82) is 0 Å². The molecule has 0 saturated carbocycles. The van der Waals surface area contributed by atoms with Crippen LogP contribution < -0.4 is 5.73 Å². The molecule has 0 spiro atoms. The zero-order chi connectivity index (χ0) is 14.8. The van der Waals surface area contributed by atoms with Gasteiger partial charge in [-0.25, -0.2) is 13.2 Å². The standard InChI is InChI=1S/C16H16F3N/c1-16(10-20,9-11-5-3-2-4-6-11)15-13(18)7-12(17)8-14(15)19/h2-8H,9-10,20H2,1H3. The molecule has 0 aliphatic heterocycles. The molecule has 0 radical (unpaired) electrons. The normalized spacial score (nSPS) is 14.1. The molecule has 20 heavy (non-hydrogen) atoms. The van der Waals surface area contributed by atoms with Gasteiger partial charge in [-0.3, -0.25) is 0 Å². The van der Waals surface area contributed by atoms with Crippen molar-refractivity contribution in [2.75, 3.05) is 6.54 Å². The topological polar surface area (TPSA) is 26.0 Å². The minimum atomic E-state index is -0.928. The maximum absolute atomic E-state index is 14.0. The number of hydrogen-bond donors (Lipinski definition) is 1. The summed E-state index contributed by atoms with van der Waals surface area (Å²) in [5.41, 5.74) is 5.57. The first-order valence-corrected chi connectivity index (χ1v) is 6.35. The quantitative estimate of drug-likeness (QED) is 0.909. The van der Waals surface area contributed by atoms with E-state index in [1.807, 2.05) is 30.3 Å². The molecule has 2 aromatic rings. The highest BCUT2D eigenvalue weighted by Gasteiger charge is 2.32. The van der Waals surface area contributed by atoms with E-state index in [4.69, 9.17) is 5.73 Å². The average Bonchev–Trinajstić information content (AvgIpc) is 2.38. The number of benzene rings is 2. The van der Waals surface area contributed by atoms with Gasteiger partial charge < -0.3 is 5.73 Å². The summed E-state index contributed by atoms with van der Waals surface area (Å²) in [6.45, 7) is 1.74. The molecule has 106 valence electrons. The Labute approximate surface area is 116 Å². The molecule has 4 heteroatoms. The van der Waals surface area contributed by atoms with Crippen molar-refractivity contribution < 1.29 is 13.2 Å². The second-order valence-electron chi connectivity index (χ2n) is 5.17. The van der Waals surface area contributed by atoms with Crippen LogP contribution in [-0.4, -0.2) is 6.54 Å². The first-order chi connectivity index (χ1) is 9.46. The van der Waals surface area contributed by atoms with Crippen molar-refractivity contribution in [3.8, 4) is 0 Å². The lowest BCUT2D eigenvalue weighted by molar-refractivity contribution is 0.414. The van der Waals surface area contributed by atoms with Crippen LogP contribution in [0.1, 0.15) is 18.1 Å². The Kier molecular flexibility index (Phi) is 4.14. The molecule has 0 amide bonds. The molecule has 0 fully saturated rings. The summed E-state index contributed by atoms with van der Waals surface area (Å²) in [5, 5.41) is 0. The molecule has 0 aromatic heterocycles. The van der Waals surface area contributed by atoms with E-state index in [0.717, 1.165) is 5.56 Å². The average molecular weight is 279 g/mol. The summed E-state index contributed by atoms with van der Waals surface area (Å²) < 4.78 is 40.9. The Morgan fingerprint density at radius 2 is 1.55 bits per heavy atom. The van der Waals surface area contributed by atoms with Gasteiger partial charge in [0.1, 0.15) is 17.5 Å². The third kappa shape index (κ3) is 2.85. The van der Waals surface area contributed by atoms with Gasteiger partial charge in [-0.1, -0.05) is 37.3 Å². The zero-order valence-electron chi connectivity index (χ0n) is 11.2. The van der Waals surface area contributed by atoms with Gasteiger partial charge in [-0.15, -0.1) is 0 Å². The monoisotopic (exact) mass is 279 g/mol. The SMILES string of the molecule is CC(CN)(Cc1ccccc1)c1c(F)cc(F)cc1F. The number of rotatable bonds is 4. The molecule has 0 heterocycles. The summed E-state index contributed by atoms with van der Waals surface area (Å²) in [7, 11) is 0. The predicted octanol–water partition coefficient (Wildman–Crippen LogP) is 3.56. The van der Waals surface area contributed by atoms with Gasteiger partial charge in [-0.2, -0.15) is 0 Å². The van der Waals surface area contributed by atoms with E-state index in [0.29, 0.717) is 18.6 Å². The van der Waals surface area contributed by atoms with Gasteiger partial charge in [0, 0.05) is 29.7 Å². The van der Waals surface area contributed by atoms with Crippen LogP contribution in [0.3, 0.4) is 0 Å². The van der Waals surface area contributed by atoms with Crippen molar-refractivity contribution in [3.63, 3.8) is 0 Å². The molecule has 2 aromatic carbocycles. The van der Waals surface area contributed by atoms with E-state index in [1.54, 1.807) is 6.92 Å². The molecular weight excluding hydrogens is 263 g/mol. The summed E-state index contributed by atoms with van der Waals surface area (Å²) in [4.78, 5) is 0. The van der Waals surface area contributed by atoms with Crippen LogP contribution in [0.4, 0.5) is 13.2 Å². The number of halogens is 3. The second-order valence-corrected chi connectivity index (χ2v) is 5.17. The Balaban J connectivity index is 2.46. The molecule has 1 nitrogen and oxygen atoms in total. The van der Waals surface area contributed by atoms with Gasteiger partial charge in [0.2, 0.25) is 0 Å². The Hall–Kier alpha value is -1.81. The number of nitrogens with two attached hydrogens (primary N) is 1. The predicted molar refractivity (Wildman–Crippen MR) is 72.9 cm³/mol. The first-order valence-electron chi connectivity index (χ1n) is 6.35. The maximum Gasteiger partial charge on any atom is 0.132 e. The fourth-order valence-electron chi connectivity index (χ4n) is 2.43. The van der Waals surface area contributed by atoms with Crippen LogP contribution in [0, 0.1) is 17.5 Å². The van der Waals surface area contributed by atoms with Gasteiger partial charge >= 0.3 is 0 Å². The molecule has 0 saturated heterocycles. The van der Waals surface area contributed by atoms with Crippen LogP contribution >= 0.6 is 0 Å². The van der Waals surface area contributed by atoms with E-state index in [9.17, 15) is 13.2 Å². The summed E-state index contributed by atoms with van der Waals surface area (Å²) in [6.07, 6.45) is 0.379. The van der Waals surface area contributed by atoms with Gasteiger partial charge in [-0.05, 0) is 12.0 Å². The lowest BCUT2D eigenvalue weighted by Crippen LogP contribution is -2.36. The largest absolute Gasteiger partial charge is 0.330 e. The lowest BCUT2D eigenvalue weighted by atomic mass is 9.76. The van der Waals surface area contributed by atoms with Crippen LogP contribution in [0.2, 0.25) is 0 Å². The Bertz CT molecular complexity index is 575. The summed E-state index contributed by atoms with van der Waals surface area (Å²) in [5.74, 6) is -2.72. The van der Waals surface area contributed by atoms with Gasteiger partial charge in [0.25, 0.3) is 0 Å². The van der Waals surface area contributed by atoms with Gasteiger partial charge in [0.05, 0.1) is 0 Å². The molecule has 0 aliphatic rings. The van der Waals surface area contributed by atoms with Gasteiger partial charge in [0.15, 0.2) is 0 Å². The third-order valence-corrected chi connectivity index (χ3v) is 3.50. The highest BCUT2D eigenvalue weighted by Crippen LogP contribution is 2.32. The van der Waals surface area contributed by atoms with Crippen LogP contribution in [0.15, 0.2) is 42.5 Å². The maximum atomic E-state index is 14.0. The smallest absolute Gasteiger partial charge is 0.132 e. The zero-order valence-corrected chi connectivity index (χ0v) is 11.2. The number of hydrogen-bond acceptors (Lipinski definition) is 1. The van der Waals surface area contributed by atoms with Crippen LogP contribution in [0.5, 0.6) is 0 Å². The highest BCUT2D eigenvalue weighted by molar-refractivity contribution is 5.32. The molecule has 0 aliphatic carbocycles. The minimum absolute atomic E-state index is 0.0569. The molecule has 1 atom stereocenters. The molecule has 1 unspecified atom stereocenters. The van der Waals surface area contributed by atoms with Crippen molar-refractivity contribution in [2.24, 2.45) is 5.73 Å². The fraction of sp³-hybridized carbons (Fsp3) is 0.250. The highest BCUT2D eigenvalue weighted by atomic mass is 19.1. The van der Waals surface area contributed by atoms with Crippen molar-refractivity contribution in [3.05, 3.63) is 71.0 Å². The van der Waals surface area contributed by atoms with E-state index in [1.165, 1.54) is 0 Å². The molecule has 2 N–H and O–H groups in total. The Morgan fingerprint density at radius 3 is 2.05 bits per heavy atom. The van der Waals surface area contributed by atoms with Crippen LogP contribution in [0.25, 0.3) is 0 Å². The minimum Gasteiger partial charge on any atom is -0.330 e. The van der Waals surface area contributed by atoms with E-state index < -0.39 is 22.9 Å². The first kappa shape index (κ1) is 14.6. The van der Waals surface area contributed by atoms with E-state index in [-0.39, 0.29) is 12.1 Å². The fourth-order valence-corrected chi connectivity index (χ4v) is 2.43.